The van der Waals surface area contributed by atoms with Gasteiger partial charge in [-0.1, -0.05) is 35.3 Å². The lowest BCUT2D eigenvalue weighted by Crippen LogP contribution is -2.25. The molecule has 0 amide bonds. The van der Waals surface area contributed by atoms with E-state index >= 15 is 0 Å². The number of nitrogens with zero attached hydrogens (tertiary/aromatic N) is 1. The van der Waals surface area contributed by atoms with Crippen molar-refractivity contribution in [2.75, 3.05) is 13.1 Å². The van der Waals surface area contributed by atoms with Gasteiger partial charge in [0.25, 0.3) is 0 Å². The SMILES string of the molecule is CC(c1cccc(Cl)c1Cl)N1CCC(CC(=O)O)C1. The Labute approximate surface area is 123 Å². The molecule has 1 aromatic carbocycles. The van der Waals surface area contributed by atoms with Crippen LogP contribution in [0.5, 0.6) is 0 Å². The van der Waals surface area contributed by atoms with Crippen LogP contribution >= 0.6 is 23.2 Å². The third-order valence-corrected chi connectivity index (χ3v) is 4.59. The van der Waals surface area contributed by atoms with E-state index in [9.17, 15) is 4.79 Å². The van der Waals surface area contributed by atoms with Gasteiger partial charge >= 0.3 is 5.97 Å². The van der Waals surface area contributed by atoms with Crippen molar-refractivity contribution in [1.82, 2.24) is 4.90 Å². The second kappa shape index (κ2) is 6.12. The summed E-state index contributed by atoms with van der Waals surface area (Å²) in [5.41, 5.74) is 1.00. The highest BCUT2D eigenvalue weighted by atomic mass is 35.5. The first-order valence-corrected chi connectivity index (χ1v) is 7.14. The van der Waals surface area contributed by atoms with Crippen LogP contribution < -0.4 is 0 Å². The summed E-state index contributed by atoms with van der Waals surface area (Å²) < 4.78 is 0. The molecule has 5 heteroatoms. The summed E-state index contributed by atoms with van der Waals surface area (Å²) >= 11 is 12.3. The van der Waals surface area contributed by atoms with Crippen LogP contribution in [0.4, 0.5) is 0 Å². The minimum absolute atomic E-state index is 0.157. The number of carboxylic acid groups (broad SMARTS) is 1. The number of halogens is 2. The molecule has 0 bridgehead atoms. The van der Waals surface area contributed by atoms with Crippen molar-refractivity contribution in [3.63, 3.8) is 0 Å². The first kappa shape index (κ1) is 14.6. The fraction of sp³-hybridized carbons (Fsp3) is 0.500. The van der Waals surface area contributed by atoms with E-state index in [1.54, 1.807) is 6.07 Å². The molecule has 2 rings (SSSR count). The number of carbonyl (C=O) groups is 1. The number of likely N-dealkylation sites (tertiary alicyclic amines) is 1. The van der Waals surface area contributed by atoms with Gasteiger partial charge in [-0.2, -0.15) is 0 Å². The Bertz CT molecular complexity index is 479. The average Bonchev–Trinajstić information content (AvgIpc) is 2.79. The second-order valence-corrected chi connectivity index (χ2v) is 5.85. The van der Waals surface area contributed by atoms with E-state index in [2.05, 4.69) is 11.8 Å². The van der Waals surface area contributed by atoms with Crippen molar-refractivity contribution in [3.8, 4) is 0 Å². The second-order valence-electron chi connectivity index (χ2n) is 5.07. The molecule has 0 radical (unpaired) electrons. The number of carboxylic acids is 1. The van der Waals surface area contributed by atoms with Gasteiger partial charge in [-0.15, -0.1) is 0 Å². The average molecular weight is 302 g/mol. The summed E-state index contributed by atoms with van der Waals surface area (Å²) in [7, 11) is 0. The smallest absolute Gasteiger partial charge is 0.303 e. The molecule has 104 valence electrons. The maximum atomic E-state index is 10.7. The molecule has 1 N–H and O–H groups in total. The highest BCUT2D eigenvalue weighted by Crippen LogP contribution is 2.35. The Morgan fingerprint density at radius 3 is 2.95 bits per heavy atom. The van der Waals surface area contributed by atoms with Crippen LogP contribution in [0.15, 0.2) is 18.2 Å². The minimum atomic E-state index is -0.722. The van der Waals surface area contributed by atoms with Crippen LogP contribution in [0.2, 0.25) is 10.0 Å². The third kappa shape index (κ3) is 3.41. The fourth-order valence-corrected chi connectivity index (χ4v) is 3.13. The van der Waals surface area contributed by atoms with E-state index in [1.165, 1.54) is 0 Å². The molecule has 1 saturated heterocycles. The monoisotopic (exact) mass is 301 g/mol. The van der Waals surface area contributed by atoms with Gasteiger partial charge in [0.05, 0.1) is 10.0 Å². The highest BCUT2D eigenvalue weighted by Gasteiger charge is 2.29. The molecule has 19 heavy (non-hydrogen) atoms. The summed E-state index contributed by atoms with van der Waals surface area (Å²) in [5.74, 6) is -0.488. The van der Waals surface area contributed by atoms with Crippen LogP contribution in [0, 0.1) is 5.92 Å². The zero-order valence-electron chi connectivity index (χ0n) is 10.8. The topological polar surface area (TPSA) is 40.5 Å². The van der Waals surface area contributed by atoms with Gasteiger partial charge in [0.2, 0.25) is 0 Å². The largest absolute Gasteiger partial charge is 0.481 e. The highest BCUT2D eigenvalue weighted by molar-refractivity contribution is 6.42. The normalized spacial score (nSPS) is 21.5. The lowest BCUT2D eigenvalue weighted by atomic mass is 10.0. The quantitative estimate of drug-likeness (QED) is 0.918. The molecular weight excluding hydrogens is 285 g/mol. The molecule has 0 aliphatic carbocycles. The van der Waals surface area contributed by atoms with Gasteiger partial charge < -0.3 is 5.11 Å². The molecule has 1 aromatic rings. The van der Waals surface area contributed by atoms with Gasteiger partial charge in [-0.05, 0) is 37.4 Å². The lowest BCUT2D eigenvalue weighted by molar-refractivity contribution is -0.138. The maximum absolute atomic E-state index is 10.7. The molecule has 1 heterocycles. The number of benzene rings is 1. The Kier molecular flexibility index (Phi) is 4.71. The molecule has 2 atom stereocenters. The van der Waals surface area contributed by atoms with Gasteiger partial charge in [-0.3, -0.25) is 9.69 Å². The Morgan fingerprint density at radius 2 is 2.26 bits per heavy atom. The number of hydrogen-bond acceptors (Lipinski definition) is 2. The molecule has 0 spiro atoms. The van der Waals surface area contributed by atoms with E-state index < -0.39 is 5.97 Å². The predicted octanol–water partition coefficient (Wildman–Crippen LogP) is 3.85. The van der Waals surface area contributed by atoms with Crippen LogP contribution in [0.3, 0.4) is 0 Å². The first-order chi connectivity index (χ1) is 8.99. The van der Waals surface area contributed by atoms with E-state index in [4.69, 9.17) is 28.3 Å². The summed E-state index contributed by atoms with van der Waals surface area (Å²) in [6.07, 6.45) is 1.17. The van der Waals surface area contributed by atoms with Crippen LogP contribution in [-0.4, -0.2) is 29.1 Å². The Balaban J connectivity index is 2.07. The molecule has 1 aliphatic heterocycles. The number of hydrogen-bond donors (Lipinski definition) is 1. The molecule has 3 nitrogen and oxygen atoms in total. The standard InChI is InChI=1S/C14H17Cl2NO2/c1-9(11-3-2-4-12(15)14(11)16)17-6-5-10(8-17)7-13(18)19/h2-4,9-10H,5-8H2,1H3,(H,18,19). The van der Waals surface area contributed by atoms with E-state index in [0.29, 0.717) is 10.0 Å². The van der Waals surface area contributed by atoms with Crippen LogP contribution in [0.25, 0.3) is 0 Å². The Hall–Kier alpha value is -0.770. The molecule has 0 saturated carbocycles. The van der Waals surface area contributed by atoms with E-state index in [-0.39, 0.29) is 18.4 Å². The van der Waals surface area contributed by atoms with E-state index in [1.807, 2.05) is 12.1 Å². The molecule has 2 unspecified atom stereocenters. The number of aliphatic carboxylic acids is 1. The summed E-state index contributed by atoms with van der Waals surface area (Å²) in [6, 6.07) is 5.80. The van der Waals surface area contributed by atoms with Crippen molar-refractivity contribution >= 4 is 29.2 Å². The summed E-state index contributed by atoms with van der Waals surface area (Å²) in [4.78, 5) is 13.0. The molecular formula is C14H17Cl2NO2. The van der Waals surface area contributed by atoms with Gasteiger partial charge in [-0.25, -0.2) is 0 Å². The zero-order valence-corrected chi connectivity index (χ0v) is 12.3. The van der Waals surface area contributed by atoms with Crippen molar-refractivity contribution in [2.45, 2.75) is 25.8 Å². The predicted molar refractivity (Wildman–Crippen MR) is 76.8 cm³/mol. The lowest BCUT2D eigenvalue weighted by Gasteiger charge is -2.25. The van der Waals surface area contributed by atoms with Crippen LogP contribution in [-0.2, 0) is 4.79 Å². The minimum Gasteiger partial charge on any atom is -0.481 e. The van der Waals surface area contributed by atoms with Crippen molar-refractivity contribution < 1.29 is 9.90 Å². The summed E-state index contributed by atoms with van der Waals surface area (Å²) in [6.45, 7) is 3.79. The van der Waals surface area contributed by atoms with Crippen molar-refractivity contribution in [1.29, 1.82) is 0 Å². The summed E-state index contributed by atoms with van der Waals surface area (Å²) in [5, 5.41) is 10.00. The maximum Gasteiger partial charge on any atom is 0.303 e. The first-order valence-electron chi connectivity index (χ1n) is 6.38. The molecule has 0 aromatic heterocycles. The van der Waals surface area contributed by atoms with Gasteiger partial charge in [0.15, 0.2) is 0 Å². The fourth-order valence-electron chi connectivity index (χ4n) is 2.67. The van der Waals surface area contributed by atoms with E-state index in [0.717, 1.165) is 25.1 Å². The van der Waals surface area contributed by atoms with Crippen molar-refractivity contribution in [3.05, 3.63) is 33.8 Å². The third-order valence-electron chi connectivity index (χ3n) is 3.76. The van der Waals surface area contributed by atoms with Gasteiger partial charge in [0, 0.05) is 19.0 Å². The Morgan fingerprint density at radius 1 is 1.53 bits per heavy atom. The van der Waals surface area contributed by atoms with Gasteiger partial charge in [0.1, 0.15) is 0 Å². The molecule has 1 fully saturated rings. The van der Waals surface area contributed by atoms with Crippen molar-refractivity contribution in [2.24, 2.45) is 5.92 Å². The van der Waals surface area contributed by atoms with Crippen LogP contribution in [0.1, 0.15) is 31.4 Å². The molecule has 1 aliphatic rings. The number of rotatable bonds is 4. The zero-order chi connectivity index (χ0) is 14.0.